The van der Waals surface area contributed by atoms with Gasteiger partial charge in [0.25, 0.3) is 0 Å². The van der Waals surface area contributed by atoms with E-state index in [9.17, 15) is 18.4 Å². The van der Waals surface area contributed by atoms with Gasteiger partial charge in [-0.15, -0.1) is 0 Å². The minimum Gasteiger partial charge on any atom is -0.423 e. The van der Waals surface area contributed by atoms with Crippen LogP contribution >= 0.6 is 0 Å². The number of nitrogens with zero attached hydrogens (tertiary/aromatic N) is 2. The van der Waals surface area contributed by atoms with E-state index in [1.165, 1.54) is 24.3 Å². The predicted molar refractivity (Wildman–Crippen MR) is 160 cm³/mol. The number of hydrogen-bond donors (Lipinski definition) is 0. The highest BCUT2D eigenvalue weighted by molar-refractivity contribution is 5.91. The normalized spacial score (nSPS) is 10.5. The van der Waals surface area contributed by atoms with Gasteiger partial charge in [0.05, 0.1) is 22.3 Å². The van der Waals surface area contributed by atoms with Crippen LogP contribution in [0.5, 0.6) is 11.5 Å². The van der Waals surface area contributed by atoms with E-state index in [2.05, 4.69) is 0 Å². The lowest BCUT2D eigenvalue weighted by Crippen LogP contribution is -2.08. The molecule has 0 aliphatic heterocycles. The van der Waals surface area contributed by atoms with Gasteiger partial charge in [0.2, 0.25) is 0 Å². The van der Waals surface area contributed by atoms with Crippen LogP contribution in [0.3, 0.4) is 0 Å². The zero-order valence-corrected chi connectivity index (χ0v) is 24.0. The van der Waals surface area contributed by atoms with Gasteiger partial charge in [-0.1, -0.05) is 49.9 Å². The number of esters is 2. The van der Waals surface area contributed by atoms with Gasteiger partial charge in [0, 0.05) is 12.1 Å². The predicted octanol–water partition coefficient (Wildman–Crippen LogP) is 8.27. The van der Waals surface area contributed by atoms with Crippen molar-refractivity contribution in [2.45, 2.75) is 51.4 Å². The third-order valence-electron chi connectivity index (χ3n) is 7.10. The van der Waals surface area contributed by atoms with E-state index >= 15 is 0 Å². The third-order valence-corrected chi connectivity index (χ3v) is 7.10. The van der Waals surface area contributed by atoms with Crippen LogP contribution in [0.15, 0.2) is 84.9 Å². The summed E-state index contributed by atoms with van der Waals surface area (Å²) in [5.41, 5.74) is 2.77. The Morgan fingerprint density at radius 3 is 1.25 bits per heavy atom. The summed E-state index contributed by atoms with van der Waals surface area (Å²) in [4.78, 5) is 24.7. The molecule has 4 rings (SSSR count). The van der Waals surface area contributed by atoms with Crippen molar-refractivity contribution >= 4 is 11.9 Å². The van der Waals surface area contributed by atoms with Crippen LogP contribution < -0.4 is 9.47 Å². The molecule has 0 spiro atoms. The average molecular weight is 593 g/mol. The van der Waals surface area contributed by atoms with Crippen molar-refractivity contribution in [3.05, 3.63) is 130 Å². The van der Waals surface area contributed by atoms with Gasteiger partial charge < -0.3 is 9.47 Å². The lowest BCUT2D eigenvalue weighted by molar-refractivity contribution is 0.0724. The second-order valence-corrected chi connectivity index (χ2v) is 10.3. The number of benzene rings is 4. The van der Waals surface area contributed by atoms with E-state index in [0.29, 0.717) is 11.1 Å². The lowest BCUT2D eigenvalue weighted by Gasteiger charge is -2.07. The van der Waals surface area contributed by atoms with Crippen molar-refractivity contribution in [2.75, 3.05) is 0 Å². The molecule has 0 saturated heterocycles. The first-order valence-corrected chi connectivity index (χ1v) is 14.4. The number of ether oxygens (including phenoxy) is 2. The van der Waals surface area contributed by atoms with E-state index in [0.717, 1.165) is 74.6 Å². The van der Waals surface area contributed by atoms with Gasteiger partial charge in [0.15, 0.2) is 0 Å². The topological polar surface area (TPSA) is 100 Å². The molecular weight excluding hydrogens is 562 g/mol. The molecule has 4 aromatic rings. The molecule has 4 aromatic carbocycles. The number of halogens is 2. The van der Waals surface area contributed by atoms with Gasteiger partial charge in [-0.25, -0.2) is 18.4 Å². The average Bonchev–Trinajstić information content (AvgIpc) is 3.03. The van der Waals surface area contributed by atoms with E-state index in [4.69, 9.17) is 20.0 Å². The van der Waals surface area contributed by atoms with E-state index < -0.39 is 23.6 Å². The molecular formula is C36H30F2N2O4. The first-order valence-electron chi connectivity index (χ1n) is 14.4. The van der Waals surface area contributed by atoms with Gasteiger partial charge >= 0.3 is 11.9 Å². The molecule has 6 nitrogen and oxygen atoms in total. The summed E-state index contributed by atoms with van der Waals surface area (Å²) in [6, 6.07) is 25.2. The van der Waals surface area contributed by atoms with Crippen molar-refractivity contribution < 1.29 is 27.8 Å². The van der Waals surface area contributed by atoms with Crippen molar-refractivity contribution in [1.29, 1.82) is 10.5 Å². The third kappa shape index (κ3) is 9.08. The quantitative estimate of drug-likeness (QED) is 0.0880. The summed E-state index contributed by atoms with van der Waals surface area (Å²) in [7, 11) is 0. The standard InChI is InChI=1S/C36H30F2N2O4/c37-33-21-31(19-17-29(33)23-39)43-35(41)27-13-9-25(10-14-27)7-5-3-1-2-4-6-8-26-11-15-28(16-12-26)36(42)44-32-20-18-30(24-40)34(38)22-32/h9-22H,1-8H2. The maximum Gasteiger partial charge on any atom is 0.343 e. The zero-order chi connectivity index (χ0) is 31.3. The van der Waals surface area contributed by atoms with Crippen LogP contribution in [0.25, 0.3) is 0 Å². The molecule has 0 aliphatic carbocycles. The summed E-state index contributed by atoms with van der Waals surface area (Å²) in [6.45, 7) is 0. The molecule has 0 aliphatic rings. The van der Waals surface area contributed by atoms with Gasteiger partial charge in [-0.05, 0) is 85.3 Å². The molecule has 0 amide bonds. The Bertz CT molecular complexity index is 1560. The summed E-state index contributed by atoms with van der Waals surface area (Å²) in [5, 5.41) is 17.6. The maximum absolute atomic E-state index is 13.7. The van der Waals surface area contributed by atoms with Gasteiger partial charge in [0.1, 0.15) is 35.3 Å². The fourth-order valence-corrected chi connectivity index (χ4v) is 4.61. The van der Waals surface area contributed by atoms with E-state index in [1.807, 2.05) is 24.3 Å². The fourth-order valence-electron chi connectivity index (χ4n) is 4.61. The molecule has 222 valence electrons. The first-order chi connectivity index (χ1) is 21.4. The molecule has 44 heavy (non-hydrogen) atoms. The minimum atomic E-state index is -0.734. The van der Waals surface area contributed by atoms with E-state index in [1.54, 1.807) is 36.4 Å². The molecule has 0 unspecified atom stereocenters. The molecule has 0 N–H and O–H groups in total. The summed E-state index contributed by atoms with van der Waals surface area (Å²) >= 11 is 0. The van der Waals surface area contributed by atoms with E-state index in [-0.39, 0.29) is 22.6 Å². The van der Waals surface area contributed by atoms with Gasteiger partial charge in [-0.2, -0.15) is 10.5 Å². The molecule has 0 aromatic heterocycles. The van der Waals surface area contributed by atoms with Crippen molar-refractivity contribution in [3.8, 4) is 23.6 Å². The Morgan fingerprint density at radius 2 is 0.909 bits per heavy atom. The number of carbonyl (C=O) groups excluding carboxylic acids is 2. The minimum absolute atomic E-state index is 0.0483. The number of hydrogen-bond acceptors (Lipinski definition) is 6. The summed E-state index contributed by atoms with van der Waals surface area (Å²) < 4.78 is 37.9. The van der Waals surface area contributed by atoms with Crippen LogP contribution in [-0.4, -0.2) is 11.9 Å². The summed E-state index contributed by atoms with van der Waals surface area (Å²) in [5.74, 6) is -2.54. The van der Waals surface area contributed by atoms with Gasteiger partial charge in [-0.3, -0.25) is 0 Å². The highest BCUT2D eigenvalue weighted by Gasteiger charge is 2.12. The Morgan fingerprint density at radius 1 is 0.545 bits per heavy atom. The van der Waals surface area contributed by atoms with Crippen LogP contribution in [0.4, 0.5) is 8.78 Å². The number of rotatable bonds is 13. The van der Waals surface area contributed by atoms with Crippen LogP contribution in [0.2, 0.25) is 0 Å². The monoisotopic (exact) mass is 592 g/mol. The Kier molecular flexibility index (Phi) is 11.3. The SMILES string of the molecule is N#Cc1ccc(OC(=O)c2ccc(CCCCCCCCc3ccc(C(=O)Oc4ccc(C#N)c(F)c4)cc3)cc2)cc1F. The number of carbonyl (C=O) groups is 2. The second kappa shape index (κ2) is 15.8. The Balaban J connectivity index is 1.08. The van der Waals surface area contributed by atoms with Crippen molar-refractivity contribution in [2.24, 2.45) is 0 Å². The number of nitriles is 2. The summed E-state index contributed by atoms with van der Waals surface area (Å²) in [6.07, 6.45) is 8.37. The number of aryl methyl sites for hydroxylation is 2. The Hall–Kier alpha value is -5.34. The smallest absolute Gasteiger partial charge is 0.343 e. The molecule has 0 radical (unpaired) electrons. The van der Waals surface area contributed by atoms with Crippen molar-refractivity contribution in [3.63, 3.8) is 0 Å². The molecule has 8 heteroatoms. The van der Waals surface area contributed by atoms with Crippen LogP contribution in [-0.2, 0) is 12.8 Å². The number of unbranched alkanes of at least 4 members (excludes halogenated alkanes) is 5. The fraction of sp³-hybridized carbons (Fsp3) is 0.222. The molecule has 0 bridgehead atoms. The molecule has 0 atom stereocenters. The maximum atomic E-state index is 13.7. The second-order valence-electron chi connectivity index (χ2n) is 10.3. The lowest BCUT2D eigenvalue weighted by atomic mass is 10.0. The van der Waals surface area contributed by atoms with Crippen LogP contribution in [0.1, 0.15) is 81.5 Å². The van der Waals surface area contributed by atoms with Crippen molar-refractivity contribution in [1.82, 2.24) is 0 Å². The molecule has 0 fully saturated rings. The first kappa shape index (κ1) is 31.6. The molecule has 0 saturated carbocycles. The highest BCUT2D eigenvalue weighted by Crippen LogP contribution is 2.20. The molecule has 0 heterocycles. The highest BCUT2D eigenvalue weighted by atomic mass is 19.1. The Labute approximate surface area is 255 Å². The largest absolute Gasteiger partial charge is 0.423 e. The van der Waals surface area contributed by atoms with Crippen LogP contribution in [0, 0.1) is 34.3 Å². The zero-order valence-electron chi connectivity index (χ0n) is 24.0.